The second-order valence-corrected chi connectivity index (χ2v) is 7.08. The van der Waals surface area contributed by atoms with Gasteiger partial charge in [0.1, 0.15) is 11.6 Å². The van der Waals surface area contributed by atoms with Crippen molar-refractivity contribution in [1.82, 2.24) is 9.97 Å². The van der Waals surface area contributed by atoms with Gasteiger partial charge in [0, 0.05) is 30.6 Å². The zero-order chi connectivity index (χ0) is 19.3. The van der Waals surface area contributed by atoms with E-state index in [1.165, 1.54) is 17.7 Å². The Kier molecular flexibility index (Phi) is 5.33. The van der Waals surface area contributed by atoms with Gasteiger partial charge in [0.2, 0.25) is 0 Å². The molecule has 142 valence electrons. The van der Waals surface area contributed by atoms with Crippen LogP contribution in [0.2, 0.25) is 0 Å². The Morgan fingerprint density at radius 2 is 1.96 bits per heavy atom. The summed E-state index contributed by atoms with van der Waals surface area (Å²) in [7, 11) is 0. The van der Waals surface area contributed by atoms with Crippen molar-refractivity contribution in [2.24, 2.45) is 0 Å². The van der Waals surface area contributed by atoms with Gasteiger partial charge in [-0.05, 0) is 59.9 Å². The molecule has 1 aliphatic rings. The molecule has 0 spiro atoms. The largest absolute Gasteiger partial charge is 0.384 e. The molecule has 0 atom stereocenters. The minimum Gasteiger partial charge on any atom is -0.384 e. The predicted octanol–water partition coefficient (Wildman–Crippen LogP) is 4.65. The number of benzene rings is 2. The molecule has 2 N–H and O–H groups in total. The van der Waals surface area contributed by atoms with E-state index >= 15 is 0 Å². The second-order valence-electron chi connectivity index (χ2n) is 7.08. The highest BCUT2D eigenvalue weighted by molar-refractivity contribution is 5.89. The van der Waals surface area contributed by atoms with Gasteiger partial charge in [-0.2, -0.15) is 0 Å². The molecule has 0 amide bonds. The summed E-state index contributed by atoms with van der Waals surface area (Å²) >= 11 is 0. The summed E-state index contributed by atoms with van der Waals surface area (Å²) in [6, 6.07) is 12.5. The molecule has 0 unspecified atom stereocenters. The van der Waals surface area contributed by atoms with Crippen LogP contribution >= 0.6 is 0 Å². The van der Waals surface area contributed by atoms with Crippen molar-refractivity contribution >= 4 is 23.1 Å². The fraction of sp³-hybridized carbons (Fsp3) is 0.217. The Morgan fingerprint density at radius 3 is 2.75 bits per heavy atom. The number of aromatic amines is 1. The second kappa shape index (κ2) is 8.21. The number of H-pyrrole nitrogens is 1. The van der Waals surface area contributed by atoms with Crippen LogP contribution < -0.4 is 5.32 Å². The maximum absolute atomic E-state index is 13.0. The lowest BCUT2D eigenvalue weighted by Crippen LogP contribution is -2.12. The number of carbonyl (C=O) groups is 1. The number of anilines is 1. The van der Waals surface area contributed by atoms with Crippen molar-refractivity contribution in [2.75, 3.05) is 11.9 Å². The van der Waals surface area contributed by atoms with Gasteiger partial charge in [0.05, 0.1) is 18.2 Å². The standard InChI is InChI=1S/C23H22FN3O/c24-19-5-1-16(2-6-19)3-7-21(28)11-17-4-8-23-22(12-17)18(9-10-26-23)13-20-14-25-15-27-20/h1-2,4-6,8,12-15,26H,3,7,9-11H2,(H,25,27)/b18-13+. The van der Waals surface area contributed by atoms with E-state index in [0.717, 1.165) is 41.0 Å². The van der Waals surface area contributed by atoms with Gasteiger partial charge in [-0.3, -0.25) is 4.79 Å². The number of ketones is 1. The highest BCUT2D eigenvalue weighted by Gasteiger charge is 2.15. The third-order valence-electron chi connectivity index (χ3n) is 5.00. The van der Waals surface area contributed by atoms with Crippen LogP contribution in [0.3, 0.4) is 0 Å². The average Bonchev–Trinajstić information content (AvgIpc) is 3.21. The Morgan fingerprint density at radius 1 is 1.14 bits per heavy atom. The number of carbonyl (C=O) groups excluding carboxylic acids is 1. The molecule has 1 aliphatic heterocycles. The van der Waals surface area contributed by atoms with Crippen LogP contribution in [0, 0.1) is 5.82 Å². The number of fused-ring (bicyclic) bond motifs is 1. The maximum atomic E-state index is 13.0. The van der Waals surface area contributed by atoms with Gasteiger partial charge < -0.3 is 10.3 Å². The summed E-state index contributed by atoms with van der Waals surface area (Å²) in [4.78, 5) is 19.6. The smallest absolute Gasteiger partial charge is 0.137 e. The predicted molar refractivity (Wildman–Crippen MR) is 109 cm³/mol. The molecule has 28 heavy (non-hydrogen) atoms. The van der Waals surface area contributed by atoms with Gasteiger partial charge >= 0.3 is 0 Å². The first-order valence-electron chi connectivity index (χ1n) is 9.49. The maximum Gasteiger partial charge on any atom is 0.137 e. The first-order valence-corrected chi connectivity index (χ1v) is 9.49. The minimum absolute atomic E-state index is 0.187. The summed E-state index contributed by atoms with van der Waals surface area (Å²) in [6.45, 7) is 0.892. The molecule has 3 aromatic rings. The third kappa shape index (κ3) is 4.36. The van der Waals surface area contributed by atoms with Crippen LogP contribution in [0.5, 0.6) is 0 Å². The lowest BCUT2D eigenvalue weighted by atomic mass is 9.93. The van der Waals surface area contributed by atoms with Gasteiger partial charge in [-0.25, -0.2) is 9.37 Å². The Bertz CT molecular complexity index is 991. The number of aromatic nitrogens is 2. The molecule has 0 radical (unpaired) electrons. The van der Waals surface area contributed by atoms with Crippen molar-refractivity contribution < 1.29 is 9.18 Å². The third-order valence-corrected chi connectivity index (χ3v) is 5.00. The van der Waals surface area contributed by atoms with Gasteiger partial charge in [-0.15, -0.1) is 0 Å². The number of nitrogens with one attached hydrogen (secondary N) is 2. The molecule has 0 fully saturated rings. The highest BCUT2D eigenvalue weighted by Crippen LogP contribution is 2.33. The summed E-state index contributed by atoms with van der Waals surface area (Å²) in [5.41, 5.74) is 6.45. The SMILES string of the molecule is O=C(CCc1ccc(F)cc1)Cc1ccc2c(c1)/C(=C/c1cnc[nH]1)CCN2. The fourth-order valence-electron chi connectivity index (χ4n) is 3.52. The number of aryl methyl sites for hydroxylation is 1. The van der Waals surface area contributed by atoms with Crippen LogP contribution in [0.15, 0.2) is 55.0 Å². The van der Waals surface area contributed by atoms with E-state index < -0.39 is 0 Å². The van der Waals surface area contributed by atoms with Crippen LogP contribution in [0.4, 0.5) is 10.1 Å². The quantitative estimate of drug-likeness (QED) is 0.659. The number of hydrogen-bond donors (Lipinski definition) is 2. The molecule has 2 aromatic carbocycles. The zero-order valence-electron chi connectivity index (χ0n) is 15.5. The molecule has 5 heteroatoms. The lowest BCUT2D eigenvalue weighted by molar-refractivity contribution is -0.118. The summed E-state index contributed by atoms with van der Waals surface area (Å²) in [5, 5.41) is 3.42. The van der Waals surface area contributed by atoms with Crippen LogP contribution in [-0.2, 0) is 17.6 Å². The topological polar surface area (TPSA) is 57.8 Å². The van der Waals surface area contributed by atoms with Gasteiger partial charge in [0.15, 0.2) is 0 Å². The number of imidazole rings is 1. The van der Waals surface area contributed by atoms with Crippen molar-refractivity contribution in [3.63, 3.8) is 0 Å². The van der Waals surface area contributed by atoms with Gasteiger partial charge in [-0.1, -0.05) is 18.2 Å². The monoisotopic (exact) mass is 375 g/mol. The Labute approximate surface area is 163 Å². The summed E-state index contributed by atoms with van der Waals surface area (Å²) in [6.07, 6.45) is 8.02. The molecule has 4 rings (SSSR count). The zero-order valence-corrected chi connectivity index (χ0v) is 15.5. The van der Waals surface area contributed by atoms with Crippen molar-refractivity contribution in [3.05, 3.63) is 83.2 Å². The van der Waals surface area contributed by atoms with E-state index in [1.54, 1.807) is 24.7 Å². The highest BCUT2D eigenvalue weighted by atomic mass is 19.1. The van der Waals surface area contributed by atoms with E-state index in [4.69, 9.17) is 0 Å². The molecular formula is C23H22FN3O. The van der Waals surface area contributed by atoms with E-state index in [9.17, 15) is 9.18 Å². The molecular weight excluding hydrogens is 353 g/mol. The number of Topliss-reactive ketones (excluding diaryl/α,β-unsaturated/α-hetero) is 1. The van der Waals surface area contributed by atoms with Crippen LogP contribution in [0.25, 0.3) is 11.6 Å². The normalized spacial score (nSPS) is 14.5. The molecule has 1 aromatic heterocycles. The minimum atomic E-state index is -0.253. The van der Waals surface area contributed by atoms with Crippen molar-refractivity contribution in [1.29, 1.82) is 0 Å². The van der Waals surface area contributed by atoms with Gasteiger partial charge in [0.25, 0.3) is 0 Å². The van der Waals surface area contributed by atoms with Crippen molar-refractivity contribution in [2.45, 2.75) is 25.7 Å². The first-order chi connectivity index (χ1) is 13.7. The van der Waals surface area contributed by atoms with Crippen molar-refractivity contribution in [3.8, 4) is 0 Å². The Hall–Kier alpha value is -3.21. The summed E-state index contributed by atoms with van der Waals surface area (Å²) in [5.74, 6) is -0.0659. The number of halogens is 1. The summed E-state index contributed by atoms with van der Waals surface area (Å²) < 4.78 is 13.0. The number of hydrogen-bond acceptors (Lipinski definition) is 3. The van der Waals surface area contributed by atoms with Crippen LogP contribution in [0.1, 0.15) is 35.2 Å². The molecule has 0 aliphatic carbocycles. The van der Waals surface area contributed by atoms with E-state index in [-0.39, 0.29) is 11.6 Å². The Balaban J connectivity index is 1.45. The lowest BCUT2D eigenvalue weighted by Gasteiger charge is -2.22. The molecule has 2 heterocycles. The van der Waals surface area contributed by atoms with E-state index in [0.29, 0.717) is 19.3 Å². The number of nitrogens with zero attached hydrogens (tertiary/aromatic N) is 1. The van der Waals surface area contributed by atoms with E-state index in [2.05, 4.69) is 33.5 Å². The molecule has 0 bridgehead atoms. The first kappa shape index (κ1) is 18.2. The number of rotatable bonds is 6. The average molecular weight is 375 g/mol. The van der Waals surface area contributed by atoms with E-state index in [1.807, 2.05) is 6.07 Å². The fourth-order valence-corrected chi connectivity index (χ4v) is 3.52. The molecule has 0 saturated heterocycles. The molecule has 4 nitrogen and oxygen atoms in total. The molecule has 0 saturated carbocycles. The van der Waals surface area contributed by atoms with Crippen LogP contribution in [-0.4, -0.2) is 22.3 Å².